The topological polar surface area (TPSA) is 104 Å². The first-order valence-electron chi connectivity index (χ1n) is 31.2. The van der Waals surface area contributed by atoms with Crippen LogP contribution in [-0.4, -0.2) is 19.9 Å². The number of pyridine rings is 4. The van der Waals surface area contributed by atoms with Gasteiger partial charge in [-0.1, -0.05) is 121 Å². The lowest BCUT2D eigenvalue weighted by molar-refractivity contribution is 0.525. The van der Waals surface area contributed by atoms with Gasteiger partial charge in [0.2, 0.25) is 0 Å². The zero-order valence-electron chi connectivity index (χ0n) is 50.3. The van der Waals surface area contributed by atoms with E-state index in [2.05, 4.69) is 119 Å². The van der Waals surface area contributed by atoms with Gasteiger partial charge in [-0.2, -0.15) is 0 Å². The molecule has 12 aromatic carbocycles. The van der Waals surface area contributed by atoms with Crippen molar-refractivity contribution in [1.29, 1.82) is 0 Å². The Labute approximate surface area is 541 Å². The summed E-state index contributed by atoms with van der Waals surface area (Å²) in [4.78, 5) is 18.6. The number of nitrogens with zero attached hydrogens (tertiary/aromatic N) is 4. The van der Waals surface area contributed by atoms with Crippen molar-refractivity contribution in [2.45, 2.75) is 0 Å². The van der Waals surface area contributed by atoms with Gasteiger partial charge in [-0.25, -0.2) is 27.5 Å². The monoisotopic (exact) mass is 1250 g/mol. The number of hydrogen-bond acceptors (Lipinski definition) is 8. The van der Waals surface area contributed by atoms with Gasteiger partial charge in [0, 0.05) is 99.3 Å². The first-order valence-corrected chi connectivity index (χ1v) is 31.2. The van der Waals surface area contributed by atoms with E-state index >= 15 is 8.78 Å². The van der Waals surface area contributed by atoms with Crippen LogP contribution in [0.5, 0.6) is 0 Å². The lowest BCUT2D eigenvalue weighted by Crippen LogP contribution is -1.96. The first kappa shape index (κ1) is 54.9. The minimum atomic E-state index is -0.938. The van der Waals surface area contributed by atoms with Crippen molar-refractivity contribution in [3.8, 4) is 67.0 Å². The molecule has 96 heavy (non-hydrogen) atoms. The highest BCUT2D eigenvalue weighted by molar-refractivity contribution is 6.14. The first-order chi connectivity index (χ1) is 47.2. The summed E-state index contributed by atoms with van der Waals surface area (Å²) in [6.45, 7) is 0. The van der Waals surface area contributed by atoms with Crippen LogP contribution in [0.1, 0.15) is 0 Å². The molecule has 0 aliphatic rings. The van der Waals surface area contributed by atoms with E-state index < -0.39 is 23.3 Å². The van der Waals surface area contributed by atoms with Gasteiger partial charge in [-0.05, 0) is 167 Å². The van der Waals surface area contributed by atoms with Crippen molar-refractivity contribution in [3.63, 3.8) is 0 Å². The van der Waals surface area contributed by atoms with E-state index in [0.29, 0.717) is 33.5 Å². The van der Waals surface area contributed by atoms with E-state index in [0.717, 1.165) is 143 Å². The fourth-order valence-electron chi connectivity index (χ4n) is 13.9. The lowest BCUT2D eigenvalue weighted by atomic mass is 9.93. The Kier molecular flexibility index (Phi) is 12.2. The number of para-hydroxylation sites is 6. The van der Waals surface area contributed by atoms with Gasteiger partial charge in [-0.15, -0.1) is 0 Å². The number of benzene rings is 12. The van der Waals surface area contributed by atoms with E-state index in [4.69, 9.17) is 27.6 Å². The predicted molar refractivity (Wildman–Crippen MR) is 376 cm³/mol. The summed E-state index contributed by atoms with van der Waals surface area (Å²) in [5.41, 5.74) is 18.2. The molecule has 0 amide bonds. The van der Waals surface area contributed by atoms with Gasteiger partial charge in [-0.3, -0.25) is 9.97 Å². The Morgan fingerprint density at radius 1 is 0.219 bits per heavy atom. The standard InChI is InChI=1S/2C42H22F2N2O2/c43-37-32-14-7-19-45-39(32)40-33(38(37)44)17-18-34(46-40)25-21-23(26-10-5-12-30-28-8-1-3-15-35(28)47-41(26)30)20-24(22-25)27-11-6-13-31-29-9-2-4-16-36(29)48-42(27)31;43-39-30-8-5-17-45-41(30)42-31(40(39)44)13-14-34(46-42)27-19-25(23-11-15-37-32(21-23)28-6-1-3-9-35(28)47-37)18-26(20-27)24-12-16-38-33(22-24)29-7-2-4-10-36(29)48-38/h2*1-22H. The van der Waals surface area contributed by atoms with Crippen molar-refractivity contribution < 1.29 is 35.2 Å². The third-order valence-electron chi connectivity index (χ3n) is 18.5. The molecule has 0 atom stereocenters. The van der Waals surface area contributed by atoms with Crippen LogP contribution in [-0.2, 0) is 0 Å². The van der Waals surface area contributed by atoms with Gasteiger partial charge < -0.3 is 17.7 Å². The van der Waals surface area contributed by atoms with Gasteiger partial charge in [0.15, 0.2) is 23.3 Å². The number of fused-ring (bicyclic) bond motifs is 18. The second-order valence-corrected chi connectivity index (χ2v) is 24.0. The summed E-state index contributed by atoms with van der Waals surface area (Å²) in [7, 11) is 0. The van der Waals surface area contributed by atoms with Crippen LogP contribution < -0.4 is 0 Å². The maximum atomic E-state index is 15.2. The van der Waals surface area contributed by atoms with Crippen molar-refractivity contribution in [2.24, 2.45) is 0 Å². The Hall–Kier alpha value is -12.8. The van der Waals surface area contributed by atoms with Crippen LogP contribution in [0.25, 0.3) is 198 Å². The van der Waals surface area contributed by atoms with Crippen LogP contribution in [0, 0.1) is 23.3 Å². The lowest BCUT2D eigenvalue weighted by Gasteiger charge is -2.13. The molecule has 20 rings (SSSR count). The third-order valence-corrected chi connectivity index (χ3v) is 18.5. The molecule has 0 aliphatic carbocycles. The van der Waals surface area contributed by atoms with E-state index in [1.807, 2.05) is 97.1 Å². The molecule has 0 spiro atoms. The summed E-state index contributed by atoms with van der Waals surface area (Å²) in [5.74, 6) is -3.72. The molecule has 0 fully saturated rings. The van der Waals surface area contributed by atoms with Crippen molar-refractivity contribution in [2.75, 3.05) is 0 Å². The molecule has 0 N–H and O–H groups in total. The number of rotatable bonds is 6. The average Bonchev–Trinajstić information content (AvgIpc) is 0.885. The predicted octanol–water partition coefficient (Wildman–Crippen LogP) is 23.7. The molecule has 8 heterocycles. The fraction of sp³-hybridized carbons (Fsp3) is 0. The summed E-state index contributed by atoms with van der Waals surface area (Å²) < 4.78 is 85.5. The largest absolute Gasteiger partial charge is 0.456 e. The van der Waals surface area contributed by atoms with E-state index in [9.17, 15) is 8.78 Å². The van der Waals surface area contributed by atoms with Crippen molar-refractivity contribution in [3.05, 3.63) is 290 Å². The highest BCUT2D eigenvalue weighted by atomic mass is 19.2. The summed E-state index contributed by atoms with van der Waals surface area (Å²) in [5, 5.41) is 8.65. The smallest absolute Gasteiger partial charge is 0.168 e. The van der Waals surface area contributed by atoms with Gasteiger partial charge in [0.1, 0.15) is 55.7 Å². The fourth-order valence-corrected chi connectivity index (χ4v) is 13.9. The van der Waals surface area contributed by atoms with Crippen LogP contribution in [0.3, 0.4) is 0 Å². The molecule has 8 aromatic heterocycles. The Morgan fingerprint density at radius 3 is 0.990 bits per heavy atom. The molecule has 20 aromatic rings. The second kappa shape index (κ2) is 21.4. The molecule has 452 valence electrons. The van der Waals surface area contributed by atoms with Crippen molar-refractivity contribution in [1.82, 2.24) is 19.9 Å². The maximum Gasteiger partial charge on any atom is 0.168 e. The maximum absolute atomic E-state index is 15.2. The van der Waals surface area contributed by atoms with E-state index in [1.165, 1.54) is 12.1 Å². The number of furan rings is 4. The van der Waals surface area contributed by atoms with Crippen LogP contribution in [0.4, 0.5) is 17.6 Å². The van der Waals surface area contributed by atoms with E-state index in [1.54, 1.807) is 48.8 Å². The average molecular weight is 1250 g/mol. The zero-order chi connectivity index (χ0) is 63.9. The molecule has 0 saturated heterocycles. The van der Waals surface area contributed by atoms with Crippen molar-refractivity contribution >= 4 is 131 Å². The summed E-state index contributed by atoms with van der Waals surface area (Å²) in [6, 6.07) is 82.3. The second-order valence-electron chi connectivity index (χ2n) is 24.0. The third kappa shape index (κ3) is 8.69. The molecular formula is C84H44F4N4O4. The molecule has 0 radical (unpaired) electrons. The SMILES string of the molecule is Fc1c(F)c2ccc(-c3cc(-c4ccc5oc6ccccc6c5c4)cc(-c4ccc5oc6ccccc6c5c4)c3)nc2c2ncccc12.Fc1c(F)c2ccc(-c3cc(-c4cccc5c4oc4ccccc45)cc(-c4cccc5c4oc4ccccc45)c3)nc2c2ncccc12. The quantitative estimate of drug-likeness (QED) is 0.120. The van der Waals surface area contributed by atoms with Crippen LogP contribution >= 0.6 is 0 Å². The summed E-state index contributed by atoms with van der Waals surface area (Å²) >= 11 is 0. The van der Waals surface area contributed by atoms with Crippen LogP contribution in [0.15, 0.2) is 285 Å². The van der Waals surface area contributed by atoms with E-state index in [-0.39, 0.29) is 21.5 Å². The highest BCUT2D eigenvalue weighted by Crippen LogP contribution is 2.44. The molecule has 0 bridgehead atoms. The zero-order valence-corrected chi connectivity index (χ0v) is 50.3. The Bertz CT molecular complexity index is 6420. The molecule has 12 heteroatoms. The highest BCUT2D eigenvalue weighted by Gasteiger charge is 2.23. The molecule has 8 nitrogen and oxygen atoms in total. The minimum Gasteiger partial charge on any atom is -0.456 e. The molecular weight excluding hydrogens is 1200 g/mol. The van der Waals surface area contributed by atoms with Gasteiger partial charge in [0.25, 0.3) is 0 Å². The van der Waals surface area contributed by atoms with Gasteiger partial charge in [0.05, 0.1) is 22.4 Å². The molecule has 0 aliphatic heterocycles. The molecule has 0 saturated carbocycles. The summed E-state index contributed by atoms with van der Waals surface area (Å²) in [6.07, 6.45) is 3.13. The van der Waals surface area contributed by atoms with Crippen LogP contribution in [0.2, 0.25) is 0 Å². The Balaban J connectivity index is 0.000000135. The number of hydrogen-bond donors (Lipinski definition) is 0. The normalized spacial score (nSPS) is 12.0. The minimum absolute atomic E-state index is 0.0814. The Morgan fingerprint density at radius 2 is 0.552 bits per heavy atom. The number of aromatic nitrogens is 4. The van der Waals surface area contributed by atoms with Gasteiger partial charge >= 0.3 is 0 Å². The number of halogens is 4. The molecule has 0 unspecified atom stereocenters.